The van der Waals surface area contributed by atoms with Gasteiger partial charge in [0.25, 0.3) is 0 Å². The number of hydrogen-bond donors (Lipinski definition) is 1. The molecular weight excluding hydrogens is 172 g/mol. The monoisotopic (exact) mass is 196 g/mol. The first-order valence-electron chi connectivity index (χ1n) is 5.66. The summed E-state index contributed by atoms with van der Waals surface area (Å²) in [7, 11) is 0. The molecule has 0 aromatic heterocycles. The smallest absolute Gasteiger partial charge is 0.0697 e. The summed E-state index contributed by atoms with van der Waals surface area (Å²) in [6.07, 6.45) is 5.09. The summed E-state index contributed by atoms with van der Waals surface area (Å²) in [5, 5.41) is 12.2. The van der Waals surface area contributed by atoms with Crippen molar-refractivity contribution in [1.29, 1.82) is 5.26 Å². The van der Waals surface area contributed by atoms with Crippen LogP contribution in [0.4, 0.5) is 0 Å². The number of hydrogen-bond acceptors (Lipinski definition) is 2. The van der Waals surface area contributed by atoms with E-state index in [9.17, 15) is 0 Å². The largest absolute Gasteiger partial charge is 0.313 e. The lowest BCUT2D eigenvalue weighted by atomic mass is 9.95. The lowest BCUT2D eigenvalue weighted by Gasteiger charge is -2.20. The molecule has 0 aromatic carbocycles. The molecule has 1 N–H and O–H groups in total. The van der Waals surface area contributed by atoms with Crippen molar-refractivity contribution < 1.29 is 0 Å². The van der Waals surface area contributed by atoms with E-state index in [0.717, 1.165) is 6.54 Å². The first-order chi connectivity index (χ1) is 6.52. The summed E-state index contributed by atoms with van der Waals surface area (Å²) >= 11 is 0. The second-order valence-corrected chi connectivity index (χ2v) is 4.77. The third-order valence-corrected chi connectivity index (χ3v) is 2.44. The van der Waals surface area contributed by atoms with Crippen LogP contribution in [0.1, 0.15) is 53.4 Å². The Labute approximate surface area is 88.7 Å². The average Bonchev–Trinajstić information content (AvgIpc) is 2.16. The maximum Gasteiger partial charge on any atom is 0.0697 e. The quantitative estimate of drug-likeness (QED) is 0.635. The van der Waals surface area contributed by atoms with Gasteiger partial charge in [0.2, 0.25) is 0 Å². The molecule has 0 amide bonds. The predicted octanol–water partition coefficient (Wildman–Crippen LogP) is 3.09. The van der Waals surface area contributed by atoms with Crippen LogP contribution in [0.5, 0.6) is 0 Å². The molecule has 0 aromatic rings. The molecule has 0 bridgehead atoms. The Morgan fingerprint density at radius 2 is 2.00 bits per heavy atom. The molecule has 0 aliphatic rings. The first-order valence-corrected chi connectivity index (χ1v) is 5.66. The molecule has 0 radical (unpaired) electrons. The summed E-state index contributed by atoms with van der Waals surface area (Å²) in [5.74, 6) is 0. The highest BCUT2D eigenvalue weighted by Gasteiger charge is 2.16. The fourth-order valence-corrected chi connectivity index (χ4v) is 1.27. The molecule has 14 heavy (non-hydrogen) atoms. The SMILES string of the molecule is CCCCCC(C)NCC(C)(C)C#N. The van der Waals surface area contributed by atoms with Gasteiger partial charge in [-0.2, -0.15) is 5.26 Å². The predicted molar refractivity (Wildman–Crippen MR) is 61.0 cm³/mol. The molecule has 0 heterocycles. The van der Waals surface area contributed by atoms with Gasteiger partial charge in [-0.05, 0) is 27.2 Å². The van der Waals surface area contributed by atoms with Crippen LogP contribution in [0.2, 0.25) is 0 Å². The molecule has 0 aliphatic heterocycles. The summed E-state index contributed by atoms with van der Waals surface area (Å²) in [4.78, 5) is 0. The molecule has 82 valence electrons. The molecule has 0 aliphatic carbocycles. The molecule has 0 saturated heterocycles. The minimum absolute atomic E-state index is 0.237. The lowest BCUT2D eigenvalue weighted by molar-refractivity contribution is 0.393. The van der Waals surface area contributed by atoms with Gasteiger partial charge in [0.1, 0.15) is 0 Å². The van der Waals surface area contributed by atoms with Gasteiger partial charge in [0.05, 0.1) is 11.5 Å². The van der Waals surface area contributed by atoms with Crippen LogP contribution in [-0.4, -0.2) is 12.6 Å². The van der Waals surface area contributed by atoms with Crippen LogP contribution in [0.3, 0.4) is 0 Å². The first kappa shape index (κ1) is 13.4. The molecule has 0 saturated carbocycles. The maximum absolute atomic E-state index is 8.83. The molecular formula is C12H24N2. The van der Waals surface area contributed by atoms with Crippen molar-refractivity contribution in [1.82, 2.24) is 5.32 Å². The summed E-state index contributed by atoms with van der Waals surface area (Å²) in [5.41, 5.74) is -0.237. The van der Waals surface area contributed by atoms with Gasteiger partial charge in [0, 0.05) is 12.6 Å². The minimum Gasteiger partial charge on any atom is -0.313 e. The van der Waals surface area contributed by atoms with Crippen molar-refractivity contribution in [2.75, 3.05) is 6.54 Å². The van der Waals surface area contributed by atoms with Gasteiger partial charge in [-0.15, -0.1) is 0 Å². The van der Waals surface area contributed by atoms with Crippen molar-refractivity contribution in [3.63, 3.8) is 0 Å². The van der Waals surface area contributed by atoms with Gasteiger partial charge < -0.3 is 5.32 Å². The Morgan fingerprint density at radius 1 is 1.36 bits per heavy atom. The Morgan fingerprint density at radius 3 is 2.50 bits per heavy atom. The van der Waals surface area contributed by atoms with E-state index >= 15 is 0 Å². The maximum atomic E-state index is 8.83. The van der Waals surface area contributed by atoms with Crippen LogP contribution < -0.4 is 5.32 Å². The van der Waals surface area contributed by atoms with Crippen molar-refractivity contribution in [2.24, 2.45) is 5.41 Å². The molecule has 2 heteroatoms. The lowest BCUT2D eigenvalue weighted by Crippen LogP contribution is -2.34. The van der Waals surface area contributed by atoms with Crippen molar-refractivity contribution in [3.05, 3.63) is 0 Å². The molecule has 2 nitrogen and oxygen atoms in total. The Kier molecular flexibility index (Phi) is 6.57. The van der Waals surface area contributed by atoms with E-state index in [1.807, 2.05) is 13.8 Å². The fraction of sp³-hybridized carbons (Fsp3) is 0.917. The third-order valence-electron chi connectivity index (χ3n) is 2.44. The van der Waals surface area contributed by atoms with Crippen molar-refractivity contribution >= 4 is 0 Å². The highest BCUT2D eigenvalue weighted by atomic mass is 14.9. The normalized spacial score (nSPS) is 13.6. The van der Waals surface area contributed by atoms with Crippen LogP contribution in [-0.2, 0) is 0 Å². The highest BCUT2D eigenvalue weighted by Crippen LogP contribution is 2.12. The molecule has 1 unspecified atom stereocenters. The number of rotatable bonds is 7. The zero-order valence-electron chi connectivity index (χ0n) is 10.1. The second-order valence-electron chi connectivity index (χ2n) is 4.77. The zero-order valence-corrected chi connectivity index (χ0v) is 10.1. The number of nitrogens with one attached hydrogen (secondary N) is 1. The van der Waals surface area contributed by atoms with Gasteiger partial charge in [-0.1, -0.05) is 26.2 Å². The van der Waals surface area contributed by atoms with E-state index < -0.39 is 0 Å². The number of nitriles is 1. The van der Waals surface area contributed by atoms with Gasteiger partial charge >= 0.3 is 0 Å². The van der Waals surface area contributed by atoms with Crippen LogP contribution in [0, 0.1) is 16.7 Å². The molecule has 0 rings (SSSR count). The van der Waals surface area contributed by atoms with Crippen LogP contribution in [0.15, 0.2) is 0 Å². The third kappa shape index (κ3) is 6.91. The zero-order chi connectivity index (χ0) is 11.0. The summed E-state index contributed by atoms with van der Waals surface area (Å²) in [6.45, 7) is 9.15. The Hall–Kier alpha value is -0.550. The Bertz CT molecular complexity index is 179. The van der Waals surface area contributed by atoms with Gasteiger partial charge in [0.15, 0.2) is 0 Å². The molecule has 0 fully saturated rings. The summed E-state index contributed by atoms with van der Waals surface area (Å²) in [6, 6.07) is 2.84. The summed E-state index contributed by atoms with van der Waals surface area (Å²) < 4.78 is 0. The van der Waals surface area contributed by atoms with E-state index in [-0.39, 0.29) is 5.41 Å². The highest BCUT2D eigenvalue weighted by molar-refractivity contribution is 4.93. The molecule has 1 atom stereocenters. The second kappa shape index (κ2) is 6.84. The van der Waals surface area contributed by atoms with E-state index in [1.165, 1.54) is 25.7 Å². The van der Waals surface area contributed by atoms with Crippen molar-refractivity contribution in [3.8, 4) is 6.07 Å². The van der Waals surface area contributed by atoms with E-state index in [0.29, 0.717) is 6.04 Å². The van der Waals surface area contributed by atoms with Crippen LogP contribution in [0.25, 0.3) is 0 Å². The fourth-order valence-electron chi connectivity index (χ4n) is 1.27. The number of unbranched alkanes of at least 4 members (excludes halogenated alkanes) is 2. The van der Waals surface area contributed by atoms with Gasteiger partial charge in [-0.3, -0.25) is 0 Å². The molecule has 0 spiro atoms. The van der Waals surface area contributed by atoms with Crippen molar-refractivity contribution in [2.45, 2.75) is 59.4 Å². The van der Waals surface area contributed by atoms with Gasteiger partial charge in [-0.25, -0.2) is 0 Å². The Balaban J connectivity index is 3.54. The topological polar surface area (TPSA) is 35.8 Å². The van der Waals surface area contributed by atoms with Crippen LogP contribution >= 0.6 is 0 Å². The van der Waals surface area contributed by atoms with E-state index in [2.05, 4.69) is 25.2 Å². The number of nitrogens with zero attached hydrogens (tertiary/aromatic N) is 1. The average molecular weight is 196 g/mol. The standard InChI is InChI=1S/C12H24N2/c1-5-6-7-8-11(2)14-10-12(3,4)9-13/h11,14H,5-8,10H2,1-4H3. The minimum atomic E-state index is -0.237. The van der Waals surface area contributed by atoms with E-state index in [4.69, 9.17) is 5.26 Å². The van der Waals surface area contributed by atoms with E-state index in [1.54, 1.807) is 0 Å².